The van der Waals surface area contributed by atoms with Crippen molar-refractivity contribution in [3.05, 3.63) is 36.2 Å². The quantitative estimate of drug-likeness (QED) is 0.644. The number of amides is 1. The Morgan fingerprint density at radius 2 is 2.12 bits per heavy atom. The molecule has 24 heavy (non-hydrogen) atoms. The number of benzene rings is 1. The normalized spacial score (nSPS) is 15.6. The fraction of sp³-hybridized carbons (Fsp3) is 0.353. The summed E-state index contributed by atoms with van der Waals surface area (Å²) in [4.78, 5) is 28.9. The number of hydrogen-bond donors (Lipinski definition) is 2. The summed E-state index contributed by atoms with van der Waals surface area (Å²) in [6.45, 7) is 0. The zero-order valence-corrected chi connectivity index (χ0v) is 13.0. The third kappa shape index (κ3) is 3.33. The van der Waals surface area contributed by atoms with E-state index in [1.165, 1.54) is 6.33 Å². The Morgan fingerprint density at radius 3 is 2.79 bits per heavy atom. The molecule has 122 valence electrons. The van der Waals surface area contributed by atoms with Gasteiger partial charge in [0.15, 0.2) is 17.5 Å². The van der Waals surface area contributed by atoms with Gasteiger partial charge in [-0.2, -0.15) is 10.4 Å². The highest BCUT2D eigenvalue weighted by Gasteiger charge is 2.30. The lowest BCUT2D eigenvalue weighted by molar-refractivity contribution is -0.122. The zero-order valence-electron chi connectivity index (χ0n) is 13.0. The van der Waals surface area contributed by atoms with E-state index in [1.807, 2.05) is 6.07 Å². The number of aromatic amines is 1. The van der Waals surface area contributed by atoms with E-state index < -0.39 is 17.6 Å². The van der Waals surface area contributed by atoms with Gasteiger partial charge in [0.05, 0.1) is 6.07 Å². The second-order valence-corrected chi connectivity index (χ2v) is 5.83. The molecule has 7 nitrogen and oxygen atoms in total. The van der Waals surface area contributed by atoms with Crippen LogP contribution in [0, 0.1) is 17.2 Å². The van der Waals surface area contributed by atoms with Crippen LogP contribution in [0.25, 0.3) is 11.4 Å². The van der Waals surface area contributed by atoms with Gasteiger partial charge in [-0.25, -0.2) is 4.98 Å². The molecule has 2 aromatic rings. The summed E-state index contributed by atoms with van der Waals surface area (Å²) in [5, 5.41) is 18.6. The number of hydrogen-bond acceptors (Lipinski definition) is 5. The Kier molecular flexibility index (Phi) is 4.66. The first-order valence-electron chi connectivity index (χ1n) is 7.89. The van der Waals surface area contributed by atoms with Crippen LogP contribution in [0.4, 0.5) is 0 Å². The van der Waals surface area contributed by atoms with Crippen LogP contribution < -0.4 is 5.32 Å². The molecule has 0 saturated heterocycles. The Bertz CT molecular complexity index is 773. The SMILES string of the molecule is N#C[C@H](C(=O)NC1CCCC1)C(=O)c1cccc(-c2ncn[nH]2)c1. The van der Waals surface area contributed by atoms with Crippen LogP contribution in [0.5, 0.6) is 0 Å². The van der Waals surface area contributed by atoms with Crippen LogP contribution in [0.1, 0.15) is 36.0 Å². The molecule has 1 fully saturated rings. The van der Waals surface area contributed by atoms with Gasteiger partial charge in [0.2, 0.25) is 5.91 Å². The molecule has 2 N–H and O–H groups in total. The van der Waals surface area contributed by atoms with Crippen molar-refractivity contribution in [2.24, 2.45) is 5.92 Å². The van der Waals surface area contributed by atoms with Gasteiger partial charge in [-0.15, -0.1) is 0 Å². The minimum atomic E-state index is -1.34. The molecule has 1 amide bonds. The minimum absolute atomic E-state index is 0.0710. The van der Waals surface area contributed by atoms with E-state index in [0.717, 1.165) is 25.7 Å². The lowest BCUT2D eigenvalue weighted by atomic mass is 9.96. The molecule has 3 rings (SSSR count). The lowest BCUT2D eigenvalue weighted by Gasteiger charge is -2.14. The number of nitrogens with zero attached hydrogens (tertiary/aromatic N) is 3. The molecular formula is C17H17N5O2. The molecule has 0 spiro atoms. The van der Waals surface area contributed by atoms with Crippen molar-refractivity contribution >= 4 is 11.7 Å². The molecule has 1 aromatic heterocycles. The van der Waals surface area contributed by atoms with Gasteiger partial charge in [0, 0.05) is 17.2 Å². The summed E-state index contributed by atoms with van der Waals surface area (Å²) in [5.41, 5.74) is 0.975. The molecule has 0 radical (unpaired) electrons. The van der Waals surface area contributed by atoms with Crippen molar-refractivity contribution in [3.8, 4) is 17.5 Å². The number of aromatic nitrogens is 3. The average Bonchev–Trinajstić information content (AvgIpc) is 3.29. The van der Waals surface area contributed by atoms with E-state index in [4.69, 9.17) is 0 Å². The van der Waals surface area contributed by atoms with E-state index in [2.05, 4.69) is 20.5 Å². The number of rotatable bonds is 5. The first kappa shape index (κ1) is 15.9. The molecule has 1 aliphatic carbocycles. The maximum absolute atomic E-state index is 12.6. The Hall–Kier alpha value is -3.01. The highest BCUT2D eigenvalue weighted by Crippen LogP contribution is 2.20. The van der Waals surface area contributed by atoms with Gasteiger partial charge < -0.3 is 5.32 Å². The number of H-pyrrole nitrogens is 1. The highest BCUT2D eigenvalue weighted by atomic mass is 16.2. The fourth-order valence-electron chi connectivity index (χ4n) is 2.92. The van der Waals surface area contributed by atoms with E-state index in [0.29, 0.717) is 17.0 Å². The molecular weight excluding hydrogens is 306 g/mol. The predicted molar refractivity (Wildman–Crippen MR) is 85.7 cm³/mol. The number of Topliss-reactive ketones (excluding diaryl/α,β-unsaturated/α-hetero) is 1. The highest BCUT2D eigenvalue weighted by molar-refractivity contribution is 6.12. The fourth-order valence-corrected chi connectivity index (χ4v) is 2.92. The standard InChI is InChI=1S/C17H17N5O2/c18-9-14(17(24)21-13-6-1-2-7-13)15(23)11-4-3-5-12(8-11)16-19-10-20-22-16/h3-5,8,10,13-14H,1-2,6-7H2,(H,21,24)(H,19,20,22)/t14-/m0/s1. The number of carbonyl (C=O) groups is 2. The molecule has 1 aromatic carbocycles. The van der Waals surface area contributed by atoms with E-state index >= 15 is 0 Å². The lowest BCUT2D eigenvalue weighted by Crippen LogP contribution is -2.39. The summed E-state index contributed by atoms with van der Waals surface area (Å²) >= 11 is 0. The monoisotopic (exact) mass is 323 g/mol. The average molecular weight is 323 g/mol. The molecule has 1 saturated carbocycles. The third-order valence-corrected chi connectivity index (χ3v) is 4.19. The van der Waals surface area contributed by atoms with Crippen LogP contribution in [-0.4, -0.2) is 32.9 Å². The molecule has 7 heteroatoms. The van der Waals surface area contributed by atoms with E-state index in [1.54, 1.807) is 24.3 Å². The largest absolute Gasteiger partial charge is 0.352 e. The van der Waals surface area contributed by atoms with Crippen molar-refractivity contribution in [3.63, 3.8) is 0 Å². The van der Waals surface area contributed by atoms with Crippen LogP contribution in [0.2, 0.25) is 0 Å². The first-order chi connectivity index (χ1) is 11.7. The number of ketones is 1. The van der Waals surface area contributed by atoms with Crippen molar-refractivity contribution in [1.29, 1.82) is 5.26 Å². The second kappa shape index (κ2) is 7.04. The number of nitriles is 1. The van der Waals surface area contributed by atoms with Gasteiger partial charge in [0.25, 0.3) is 0 Å². The van der Waals surface area contributed by atoms with Crippen molar-refractivity contribution in [2.45, 2.75) is 31.7 Å². The molecule has 1 aliphatic rings. The molecule has 0 bridgehead atoms. The minimum Gasteiger partial charge on any atom is -0.352 e. The zero-order chi connectivity index (χ0) is 16.9. The maximum atomic E-state index is 12.6. The topological polar surface area (TPSA) is 112 Å². The van der Waals surface area contributed by atoms with Crippen molar-refractivity contribution in [2.75, 3.05) is 0 Å². The third-order valence-electron chi connectivity index (χ3n) is 4.19. The van der Waals surface area contributed by atoms with Gasteiger partial charge in [-0.1, -0.05) is 31.0 Å². The summed E-state index contributed by atoms with van der Waals surface area (Å²) in [7, 11) is 0. The van der Waals surface area contributed by atoms with Crippen LogP contribution in [0.15, 0.2) is 30.6 Å². The first-order valence-corrected chi connectivity index (χ1v) is 7.89. The summed E-state index contributed by atoms with van der Waals surface area (Å²) in [5.74, 6) is -1.84. The molecule has 1 heterocycles. The Morgan fingerprint density at radius 1 is 1.33 bits per heavy atom. The predicted octanol–water partition coefficient (Wildman–Crippen LogP) is 1.85. The number of nitrogens with one attached hydrogen (secondary N) is 2. The van der Waals surface area contributed by atoms with E-state index in [9.17, 15) is 14.9 Å². The van der Waals surface area contributed by atoms with Crippen LogP contribution in [-0.2, 0) is 4.79 Å². The van der Waals surface area contributed by atoms with Crippen molar-refractivity contribution in [1.82, 2.24) is 20.5 Å². The van der Waals surface area contributed by atoms with Crippen LogP contribution >= 0.6 is 0 Å². The van der Waals surface area contributed by atoms with Gasteiger partial charge >= 0.3 is 0 Å². The Labute approximate surface area is 139 Å². The number of carbonyl (C=O) groups excluding carboxylic acids is 2. The Balaban J connectivity index is 1.77. The summed E-state index contributed by atoms with van der Waals surface area (Å²) in [6, 6.07) is 8.57. The van der Waals surface area contributed by atoms with Gasteiger partial charge in [0.1, 0.15) is 6.33 Å². The second-order valence-electron chi connectivity index (χ2n) is 5.83. The van der Waals surface area contributed by atoms with Crippen LogP contribution in [0.3, 0.4) is 0 Å². The summed E-state index contributed by atoms with van der Waals surface area (Å²) < 4.78 is 0. The van der Waals surface area contributed by atoms with Gasteiger partial charge in [-0.05, 0) is 18.9 Å². The smallest absolute Gasteiger partial charge is 0.245 e. The maximum Gasteiger partial charge on any atom is 0.245 e. The molecule has 0 unspecified atom stereocenters. The van der Waals surface area contributed by atoms with Crippen molar-refractivity contribution < 1.29 is 9.59 Å². The molecule has 0 aliphatic heterocycles. The van der Waals surface area contributed by atoms with Gasteiger partial charge in [-0.3, -0.25) is 14.7 Å². The molecule has 1 atom stereocenters. The van der Waals surface area contributed by atoms with E-state index in [-0.39, 0.29) is 6.04 Å². The summed E-state index contributed by atoms with van der Waals surface area (Å²) in [6.07, 6.45) is 5.31.